The van der Waals surface area contributed by atoms with Gasteiger partial charge in [-0.2, -0.15) is 0 Å². The number of carbonyl (C=O) groups is 2. The third kappa shape index (κ3) is 5.47. The minimum atomic E-state index is -1.85. The first-order valence-corrected chi connectivity index (χ1v) is 1.15. The van der Waals surface area contributed by atoms with Crippen LogP contribution in [0, 0.1) is 0 Å². The van der Waals surface area contributed by atoms with Gasteiger partial charge in [0.2, 0.25) is 0 Å². The van der Waals surface area contributed by atoms with Crippen LogP contribution >= 0.6 is 0 Å². The summed E-state index contributed by atoms with van der Waals surface area (Å²) in [4.78, 5) is 18.4. The second kappa shape index (κ2) is 3.66. The van der Waals surface area contributed by atoms with Crippen molar-refractivity contribution in [3.05, 3.63) is 0 Å². The smallest absolute Gasteiger partial charge is 0.264 e. The van der Waals surface area contributed by atoms with Gasteiger partial charge in [-0.15, -0.1) is 0 Å². The fourth-order valence-corrected chi connectivity index (χ4v) is 0. The first-order chi connectivity index (χ1) is 2.64. The van der Waals surface area contributed by atoms with Gasteiger partial charge in [-0.25, -0.2) is 0 Å². The van der Waals surface area contributed by atoms with E-state index >= 15 is 0 Å². The summed E-state index contributed by atoms with van der Waals surface area (Å²) >= 11 is 0. The molecule has 0 aromatic heterocycles. The Balaban J connectivity index is 0. The van der Waals surface area contributed by atoms with Crippen LogP contribution in [0.25, 0.3) is 0 Å². The molecule has 0 aliphatic rings. The van der Waals surface area contributed by atoms with Gasteiger partial charge in [0, 0.05) is 17.4 Å². The molecule has 1 amide bonds. The van der Waals surface area contributed by atoms with E-state index in [-0.39, 0.29) is 17.4 Å². The van der Waals surface area contributed by atoms with Gasteiger partial charge in [-0.05, 0) is 0 Å². The third-order valence-corrected chi connectivity index (χ3v) is 0.201. The van der Waals surface area contributed by atoms with Crippen LogP contribution in [-0.4, -0.2) is 11.9 Å². The molecule has 0 rings (SSSR count). The molecule has 0 aliphatic heterocycles. The number of carboxylic acids is 1. The van der Waals surface area contributed by atoms with Crippen molar-refractivity contribution in [3.63, 3.8) is 0 Å². The quantitative estimate of drug-likeness (QED) is 0.369. The summed E-state index contributed by atoms with van der Waals surface area (Å²) in [6, 6.07) is 0. The zero-order chi connectivity index (χ0) is 5.15. The summed E-state index contributed by atoms with van der Waals surface area (Å²) in [5.41, 5.74) is 4.13. The molecule has 0 saturated carbocycles. The zero-order valence-electron chi connectivity index (χ0n) is 3.21. The van der Waals surface area contributed by atoms with Gasteiger partial charge in [-0.1, -0.05) is 0 Å². The maximum Gasteiger partial charge on any atom is 0.264 e. The predicted octanol–water partition coefficient (Wildman–Crippen LogP) is -2.78. The molecule has 0 radical (unpaired) electrons. The maximum absolute atomic E-state index is 9.26. The second-order valence-corrected chi connectivity index (χ2v) is 0.652. The van der Waals surface area contributed by atoms with E-state index in [9.17, 15) is 4.79 Å². The van der Waals surface area contributed by atoms with E-state index in [4.69, 9.17) is 9.90 Å². The molecule has 0 saturated heterocycles. The predicted molar refractivity (Wildman–Crippen MR) is 14.2 cm³/mol. The molecular formula is C2H2CrNO3-. The molecule has 0 aliphatic carbocycles. The van der Waals surface area contributed by atoms with Crippen LogP contribution in [0.1, 0.15) is 0 Å². The van der Waals surface area contributed by atoms with E-state index in [1.54, 1.807) is 0 Å². The molecule has 0 bridgehead atoms. The average molecular weight is 140 g/mol. The molecule has 0 aromatic carbocycles. The molecule has 0 aromatic rings. The monoisotopic (exact) mass is 140 g/mol. The number of primary amides is 1. The number of hydrogen-bond donors (Lipinski definition) is 1. The number of amides is 1. The van der Waals surface area contributed by atoms with Crippen LogP contribution in [0.5, 0.6) is 0 Å². The first-order valence-electron chi connectivity index (χ1n) is 1.15. The average Bonchev–Trinajstić information content (AvgIpc) is 1.36. The molecule has 7 heavy (non-hydrogen) atoms. The second-order valence-electron chi connectivity index (χ2n) is 0.652. The topological polar surface area (TPSA) is 83.2 Å². The number of nitrogens with two attached hydrogens (primary N) is 1. The molecule has 0 heterocycles. The normalized spacial score (nSPS) is 6.29. The summed E-state index contributed by atoms with van der Waals surface area (Å²) in [6.45, 7) is 0. The van der Waals surface area contributed by atoms with Crippen molar-refractivity contribution in [1.82, 2.24) is 0 Å². The van der Waals surface area contributed by atoms with E-state index in [0.717, 1.165) is 0 Å². The van der Waals surface area contributed by atoms with Crippen LogP contribution in [0.2, 0.25) is 0 Å². The number of hydrogen-bond acceptors (Lipinski definition) is 3. The summed E-state index contributed by atoms with van der Waals surface area (Å²) < 4.78 is 0. The van der Waals surface area contributed by atoms with Crippen LogP contribution in [-0.2, 0) is 27.0 Å². The zero-order valence-corrected chi connectivity index (χ0v) is 4.49. The Kier molecular flexibility index (Phi) is 5.06. The summed E-state index contributed by atoms with van der Waals surface area (Å²) in [5.74, 6) is -3.29. The van der Waals surface area contributed by atoms with Gasteiger partial charge in [0.25, 0.3) is 5.91 Å². The van der Waals surface area contributed by atoms with Gasteiger partial charge in [-0.3, -0.25) is 4.79 Å². The number of carboxylic acid groups (broad SMARTS) is 1. The van der Waals surface area contributed by atoms with E-state index in [1.165, 1.54) is 0 Å². The molecule has 5 heteroatoms. The first kappa shape index (κ1) is 9.69. The summed E-state index contributed by atoms with van der Waals surface area (Å²) in [6.07, 6.45) is 0. The Hall–Kier alpha value is -0.528. The van der Waals surface area contributed by atoms with Crippen molar-refractivity contribution in [2.75, 3.05) is 0 Å². The molecule has 0 fully saturated rings. The molecule has 2 N–H and O–H groups in total. The van der Waals surface area contributed by atoms with Gasteiger partial charge in [0.1, 0.15) is 5.97 Å². The van der Waals surface area contributed by atoms with Crippen LogP contribution < -0.4 is 10.8 Å². The van der Waals surface area contributed by atoms with Crippen molar-refractivity contribution in [2.24, 2.45) is 5.73 Å². The van der Waals surface area contributed by atoms with Crippen molar-refractivity contribution >= 4 is 11.9 Å². The number of carbonyl (C=O) groups excluding carboxylic acids is 2. The van der Waals surface area contributed by atoms with Crippen LogP contribution in [0.3, 0.4) is 0 Å². The third-order valence-electron chi connectivity index (χ3n) is 0.201. The maximum atomic E-state index is 9.26. The fourth-order valence-electron chi connectivity index (χ4n) is 0. The molecule has 40 valence electrons. The standard InChI is InChI=1S/C2H3NO3.Cr/c3-1(4)2(5)6;/h(H2,3,4)(H,5,6);/p-1. The largest absolute Gasteiger partial charge is 0.540 e. The fraction of sp³-hybridized carbons (Fsp3) is 0. The van der Waals surface area contributed by atoms with Gasteiger partial charge in [0.05, 0.1) is 0 Å². The molecule has 0 atom stereocenters. The Morgan fingerprint density at radius 1 is 1.43 bits per heavy atom. The molecule has 0 unspecified atom stereocenters. The van der Waals surface area contributed by atoms with Crippen molar-refractivity contribution in [3.8, 4) is 0 Å². The summed E-state index contributed by atoms with van der Waals surface area (Å²) in [5, 5.41) is 9.11. The Morgan fingerprint density at radius 3 is 1.57 bits per heavy atom. The van der Waals surface area contributed by atoms with Gasteiger partial charge in [0.15, 0.2) is 0 Å². The van der Waals surface area contributed by atoms with Crippen molar-refractivity contribution in [2.45, 2.75) is 0 Å². The Labute approximate surface area is 50.4 Å². The molecule has 0 spiro atoms. The number of rotatable bonds is 0. The van der Waals surface area contributed by atoms with Crippen molar-refractivity contribution < 1.29 is 32.1 Å². The minimum Gasteiger partial charge on any atom is -0.540 e. The molecular weight excluding hydrogens is 138 g/mol. The van der Waals surface area contributed by atoms with Crippen LogP contribution in [0.15, 0.2) is 0 Å². The van der Waals surface area contributed by atoms with Gasteiger partial charge < -0.3 is 15.6 Å². The van der Waals surface area contributed by atoms with Gasteiger partial charge >= 0.3 is 0 Å². The minimum absolute atomic E-state index is 0. The summed E-state index contributed by atoms with van der Waals surface area (Å²) in [7, 11) is 0. The van der Waals surface area contributed by atoms with E-state index in [0.29, 0.717) is 0 Å². The Morgan fingerprint density at radius 2 is 1.57 bits per heavy atom. The Bertz CT molecular complexity index is 78.9. The van der Waals surface area contributed by atoms with E-state index in [2.05, 4.69) is 5.73 Å². The molecule has 4 nitrogen and oxygen atoms in total. The van der Waals surface area contributed by atoms with E-state index < -0.39 is 11.9 Å². The van der Waals surface area contributed by atoms with Crippen LogP contribution in [0.4, 0.5) is 0 Å². The number of aliphatic carboxylic acids is 1. The SMILES string of the molecule is NC(=O)C(=O)[O-].[Cr]. The van der Waals surface area contributed by atoms with Crippen molar-refractivity contribution in [1.29, 1.82) is 0 Å². The van der Waals surface area contributed by atoms with E-state index in [1.807, 2.05) is 0 Å².